The molecule has 0 amide bonds. The van der Waals surface area contributed by atoms with Crippen LogP contribution in [0.5, 0.6) is 0 Å². The second kappa shape index (κ2) is 5.90. The maximum atomic E-state index is 4.40. The van der Waals surface area contributed by atoms with Gasteiger partial charge in [0.2, 0.25) is 0 Å². The largest absolute Gasteiger partial charge is 0.379 e. The lowest BCUT2D eigenvalue weighted by Crippen LogP contribution is -2.17. The van der Waals surface area contributed by atoms with E-state index in [9.17, 15) is 0 Å². The number of benzene rings is 1. The predicted molar refractivity (Wildman–Crippen MR) is 82.0 cm³/mol. The minimum Gasteiger partial charge on any atom is -0.379 e. The first kappa shape index (κ1) is 12.9. The Balaban J connectivity index is 1.66. The van der Waals surface area contributed by atoms with Gasteiger partial charge in [-0.2, -0.15) is 0 Å². The summed E-state index contributed by atoms with van der Waals surface area (Å²) >= 11 is 0. The van der Waals surface area contributed by atoms with Gasteiger partial charge in [-0.1, -0.05) is 6.07 Å². The van der Waals surface area contributed by atoms with Gasteiger partial charge in [0.05, 0.1) is 12.2 Å². The van der Waals surface area contributed by atoms with E-state index in [-0.39, 0.29) is 0 Å². The number of nitrogens with one attached hydrogen (secondary N) is 1. The zero-order valence-corrected chi connectivity index (χ0v) is 11.8. The third-order valence-corrected chi connectivity index (χ3v) is 3.62. The predicted octanol–water partition coefficient (Wildman–Crippen LogP) is 3.00. The van der Waals surface area contributed by atoms with E-state index < -0.39 is 0 Å². The molecule has 20 heavy (non-hydrogen) atoms. The van der Waals surface area contributed by atoms with Crippen LogP contribution in [0, 0.1) is 6.92 Å². The molecule has 1 N–H and O–H groups in total. The molecule has 0 spiro atoms. The second-order valence-corrected chi connectivity index (χ2v) is 5.19. The van der Waals surface area contributed by atoms with Crippen molar-refractivity contribution in [2.24, 2.45) is 0 Å². The average Bonchev–Trinajstić information content (AvgIpc) is 3.00. The molecular weight excluding hydrogens is 248 g/mol. The van der Waals surface area contributed by atoms with Crippen LogP contribution in [-0.2, 0) is 6.54 Å². The third-order valence-electron chi connectivity index (χ3n) is 3.62. The van der Waals surface area contributed by atoms with Crippen LogP contribution < -0.4 is 10.2 Å². The molecule has 3 rings (SSSR count). The maximum Gasteiger partial charge on any atom is 0.125 e. The fourth-order valence-electron chi connectivity index (χ4n) is 2.58. The Morgan fingerprint density at radius 3 is 2.85 bits per heavy atom. The topological polar surface area (TPSA) is 41.1 Å². The highest BCUT2D eigenvalue weighted by Crippen LogP contribution is 2.23. The molecule has 4 heteroatoms. The summed E-state index contributed by atoms with van der Waals surface area (Å²) in [7, 11) is 0. The molecule has 1 aliphatic heterocycles. The number of aryl methyl sites for hydroxylation is 1. The number of nitrogens with zero attached hydrogens (tertiary/aromatic N) is 3. The quantitative estimate of drug-likeness (QED) is 0.925. The molecule has 0 radical (unpaired) electrons. The van der Waals surface area contributed by atoms with Gasteiger partial charge >= 0.3 is 0 Å². The Labute approximate surface area is 119 Å². The first-order chi connectivity index (χ1) is 9.81. The zero-order chi connectivity index (χ0) is 13.8. The molecule has 0 saturated carbocycles. The molecule has 1 saturated heterocycles. The summed E-state index contributed by atoms with van der Waals surface area (Å²) in [4.78, 5) is 11.0. The van der Waals surface area contributed by atoms with Gasteiger partial charge in [-0.3, -0.25) is 0 Å². The monoisotopic (exact) mass is 268 g/mol. The minimum atomic E-state index is 0.729. The normalized spacial score (nSPS) is 14.6. The molecule has 2 heterocycles. The molecule has 4 nitrogen and oxygen atoms in total. The fourth-order valence-corrected chi connectivity index (χ4v) is 2.58. The molecule has 1 fully saturated rings. The van der Waals surface area contributed by atoms with Crippen molar-refractivity contribution in [1.82, 2.24) is 9.97 Å². The van der Waals surface area contributed by atoms with Crippen LogP contribution >= 0.6 is 0 Å². The van der Waals surface area contributed by atoms with Gasteiger partial charge in [-0.05, 0) is 44.0 Å². The van der Waals surface area contributed by atoms with Crippen LogP contribution in [0.2, 0.25) is 0 Å². The first-order valence-electron chi connectivity index (χ1n) is 7.19. The van der Waals surface area contributed by atoms with Crippen molar-refractivity contribution in [3.63, 3.8) is 0 Å². The summed E-state index contributed by atoms with van der Waals surface area (Å²) in [5, 5.41) is 3.44. The van der Waals surface area contributed by atoms with Crippen LogP contribution in [0.1, 0.15) is 24.4 Å². The number of hydrogen-bond donors (Lipinski definition) is 1. The molecule has 0 bridgehead atoms. The molecule has 0 aliphatic carbocycles. The van der Waals surface area contributed by atoms with Gasteiger partial charge in [0.25, 0.3) is 0 Å². The highest BCUT2D eigenvalue weighted by atomic mass is 15.1. The van der Waals surface area contributed by atoms with Crippen LogP contribution in [0.25, 0.3) is 0 Å². The molecular formula is C16H20N4. The average molecular weight is 268 g/mol. The van der Waals surface area contributed by atoms with E-state index in [1.54, 1.807) is 6.20 Å². The number of anilines is 2. The van der Waals surface area contributed by atoms with Gasteiger partial charge in [0.15, 0.2) is 0 Å². The minimum absolute atomic E-state index is 0.729. The van der Waals surface area contributed by atoms with Crippen molar-refractivity contribution in [3.8, 4) is 0 Å². The lowest BCUT2D eigenvalue weighted by atomic mass is 10.2. The van der Waals surface area contributed by atoms with Gasteiger partial charge in [0.1, 0.15) is 5.82 Å². The van der Waals surface area contributed by atoms with E-state index in [2.05, 4.69) is 44.5 Å². The van der Waals surface area contributed by atoms with E-state index in [1.165, 1.54) is 31.6 Å². The lowest BCUT2D eigenvalue weighted by molar-refractivity contribution is 0.949. The zero-order valence-electron chi connectivity index (χ0n) is 11.8. The summed E-state index contributed by atoms with van der Waals surface area (Å²) < 4.78 is 0. The Morgan fingerprint density at radius 1 is 1.20 bits per heavy atom. The molecule has 1 aromatic heterocycles. The standard InChI is InChI=1S/C16H20N4/c1-13-17-8-7-15(19-13)12-18-14-5-4-6-16(11-14)20-9-2-3-10-20/h4-8,11,18H,2-3,9-10,12H2,1H3. The highest BCUT2D eigenvalue weighted by Gasteiger charge is 2.12. The van der Waals surface area contributed by atoms with Gasteiger partial charge < -0.3 is 10.2 Å². The van der Waals surface area contributed by atoms with E-state index in [1.807, 2.05) is 13.0 Å². The summed E-state index contributed by atoms with van der Waals surface area (Å²) in [5.74, 6) is 0.815. The number of rotatable bonds is 4. The molecule has 0 atom stereocenters. The SMILES string of the molecule is Cc1nccc(CNc2cccc(N3CCCC3)c2)n1. The van der Waals surface area contributed by atoms with Crippen molar-refractivity contribution in [1.29, 1.82) is 0 Å². The summed E-state index contributed by atoms with van der Waals surface area (Å²) in [6, 6.07) is 10.6. The van der Waals surface area contributed by atoms with Crippen LogP contribution in [0.3, 0.4) is 0 Å². The third kappa shape index (κ3) is 3.07. The van der Waals surface area contributed by atoms with Crippen molar-refractivity contribution >= 4 is 11.4 Å². The summed E-state index contributed by atoms with van der Waals surface area (Å²) in [6.45, 7) is 4.99. The van der Waals surface area contributed by atoms with Crippen molar-refractivity contribution in [3.05, 3.63) is 48.0 Å². The second-order valence-electron chi connectivity index (χ2n) is 5.19. The molecule has 1 aliphatic rings. The fraction of sp³-hybridized carbons (Fsp3) is 0.375. The smallest absolute Gasteiger partial charge is 0.125 e. The molecule has 1 aromatic carbocycles. The van der Waals surface area contributed by atoms with Crippen molar-refractivity contribution < 1.29 is 0 Å². The Hall–Kier alpha value is -2.10. The van der Waals surface area contributed by atoms with Gasteiger partial charge in [0, 0.05) is 30.7 Å². The highest BCUT2D eigenvalue weighted by molar-refractivity contribution is 5.58. The van der Waals surface area contributed by atoms with Gasteiger partial charge in [-0.25, -0.2) is 9.97 Å². The molecule has 0 unspecified atom stereocenters. The van der Waals surface area contributed by atoms with E-state index >= 15 is 0 Å². The van der Waals surface area contributed by atoms with E-state index in [0.717, 1.165) is 23.8 Å². The number of aromatic nitrogens is 2. The van der Waals surface area contributed by atoms with Crippen molar-refractivity contribution in [2.45, 2.75) is 26.3 Å². The number of hydrogen-bond acceptors (Lipinski definition) is 4. The Kier molecular flexibility index (Phi) is 3.81. The Morgan fingerprint density at radius 2 is 2.05 bits per heavy atom. The van der Waals surface area contributed by atoms with Crippen LogP contribution in [0.4, 0.5) is 11.4 Å². The van der Waals surface area contributed by atoms with Crippen LogP contribution in [-0.4, -0.2) is 23.1 Å². The molecule has 2 aromatic rings. The van der Waals surface area contributed by atoms with E-state index in [4.69, 9.17) is 0 Å². The van der Waals surface area contributed by atoms with Crippen molar-refractivity contribution in [2.75, 3.05) is 23.3 Å². The molecule has 104 valence electrons. The Bertz CT molecular complexity index is 576. The van der Waals surface area contributed by atoms with Crippen LogP contribution in [0.15, 0.2) is 36.5 Å². The summed E-state index contributed by atoms with van der Waals surface area (Å²) in [6.07, 6.45) is 4.41. The lowest BCUT2D eigenvalue weighted by Gasteiger charge is -2.18. The van der Waals surface area contributed by atoms with Gasteiger partial charge in [-0.15, -0.1) is 0 Å². The maximum absolute atomic E-state index is 4.40. The van der Waals surface area contributed by atoms with E-state index in [0.29, 0.717) is 0 Å². The first-order valence-corrected chi connectivity index (χ1v) is 7.19. The summed E-state index contributed by atoms with van der Waals surface area (Å²) in [5.41, 5.74) is 3.47.